The molecule has 1 aromatic heterocycles. The molecule has 1 aliphatic rings. The molecule has 238 valence electrons. The van der Waals surface area contributed by atoms with Crippen molar-refractivity contribution in [3.63, 3.8) is 0 Å². The van der Waals surface area contributed by atoms with E-state index in [-0.39, 0.29) is 59.9 Å². The third-order valence-corrected chi connectivity index (χ3v) is 6.19. The fourth-order valence-corrected chi connectivity index (χ4v) is 4.41. The lowest BCUT2D eigenvalue weighted by molar-refractivity contribution is -0.144. The maximum Gasteiger partial charge on any atom is 0.346 e. The number of carboxylic acid groups (broad SMARTS) is 5. The molecule has 1 unspecified atom stereocenters. The highest BCUT2D eigenvalue weighted by molar-refractivity contribution is 5.99. The number of fused-ring (bicyclic) bond motifs is 1. The van der Waals surface area contributed by atoms with Gasteiger partial charge in [-0.05, 0) is 24.3 Å². The number of nitrogens with zero attached hydrogens (tertiary/aromatic N) is 3. The van der Waals surface area contributed by atoms with Crippen molar-refractivity contribution in [1.29, 1.82) is 0 Å². The molecule has 0 radical (unpaired) electrons. The van der Waals surface area contributed by atoms with Gasteiger partial charge in [0.05, 0.1) is 17.9 Å². The van der Waals surface area contributed by atoms with Gasteiger partial charge in [-0.1, -0.05) is 12.1 Å². The molecule has 2 aromatic carbocycles. The molecule has 45 heavy (non-hydrogen) atoms. The lowest BCUT2D eigenvalue weighted by Gasteiger charge is -2.24. The molecule has 0 fully saturated rings. The Bertz CT molecular complexity index is 1620. The molecule has 3 aromatic rings. The summed E-state index contributed by atoms with van der Waals surface area (Å²) in [7, 11) is 0. The van der Waals surface area contributed by atoms with E-state index in [1.54, 1.807) is 12.1 Å². The maximum atomic E-state index is 11.6. The quantitative estimate of drug-likeness (QED) is 0.131. The molecule has 17 heteroatoms. The van der Waals surface area contributed by atoms with E-state index in [0.29, 0.717) is 5.39 Å². The minimum atomic E-state index is -1.32. The van der Waals surface area contributed by atoms with Crippen molar-refractivity contribution in [2.45, 2.75) is 6.10 Å². The number of ether oxygens (including phenoxy) is 3. The van der Waals surface area contributed by atoms with Crippen molar-refractivity contribution < 1.29 is 68.1 Å². The third kappa shape index (κ3) is 8.31. The molecule has 0 bridgehead atoms. The number of aliphatic imine (C=N–C) groups is 1. The monoisotopic (exact) mass is 629 g/mol. The summed E-state index contributed by atoms with van der Waals surface area (Å²) >= 11 is 0. The van der Waals surface area contributed by atoms with Gasteiger partial charge < -0.3 is 54.0 Å². The number of hydrogen-bond donors (Lipinski definition) is 5. The molecule has 0 saturated carbocycles. The van der Waals surface area contributed by atoms with E-state index in [0.717, 1.165) is 9.80 Å². The number of hydrogen-bond acceptors (Lipinski definition) is 12. The number of benzene rings is 2. The molecule has 2 heterocycles. The standard InChI is InChI=1S/C28H27N3O14/c32-23(33)11-30(12-24(34)35)16-3-1-2-4-18(16)42-5-6-43-20-7-15-8-21(27-29-10-22(45-27)28(40)41)44-19(15)9-17(20)31(13-25(36)37)14-26(38)39/h1-4,7-9,22H,5-6,10-14H2,(H,32,33)(H,34,35)(H,36,37)(H,38,39)(H,40,41). The van der Waals surface area contributed by atoms with Crippen LogP contribution in [0.3, 0.4) is 0 Å². The van der Waals surface area contributed by atoms with E-state index in [1.807, 2.05) is 0 Å². The molecule has 1 aliphatic heterocycles. The van der Waals surface area contributed by atoms with Gasteiger partial charge in [0, 0.05) is 11.5 Å². The topological polar surface area (TPSA) is 246 Å². The van der Waals surface area contributed by atoms with Crippen molar-refractivity contribution in [3.05, 3.63) is 48.2 Å². The number of aliphatic carboxylic acids is 5. The van der Waals surface area contributed by atoms with Gasteiger partial charge in [-0.25, -0.2) is 9.79 Å². The summed E-state index contributed by atoms with van der Waals surface area (Å²) in [6.07, 6.45) is -1.19. The van der Waals surface area contributed by atoms with E-state index < -0.39 is 62.1 Å². The van der Waals surface area contributed by atoms with Crippen LogP contribution in [0.4, 0.5) is 11.4 Å². The Morgan fingerprint density at radius 3 is 1.87 bits per heavy atom. The third-order valence-electron chi connectivity index (χ3n) is 6.19. The molecule has 4 rings (SSSR count). The summed E-state index contributed by atoms with van der Waals surface area (Å²) in [4.78, 5) is 63.2. The van der Waals surface area contributed by atoms with Crippen LogP contribution in [0.15, 0.2) is 51.9 Å². The fraction of sp³-hybridized carbons (Fsp3) is 0.286. The second-order valence-electron chi connectivity index (χ2n) is 9.51. The zero-order chi connectivity index (χ0) is 32.7. The second-order valence-corrected chi connectivity index (χ2v) is 9.51. The predicted octanol–water partition coefficient (Wildman–Crippen LogP) is 1.07. The Morgan fingerprint density at radius 2 is 1.31 bits per heavy atom. The van der Waals surface area contributed by atoms with Crippen LogP contribution >= 0.6 is 0 Å². The Labute approximate surface area is 253 Å². The average Bonchev–Trinajstić information content (AvgIpc) is 3.61. The van der Waals surface area contributed by atoms with Crippen LogP contribution < -0.4 is 19.3 Å². The summed E-state index contributed by atoms with van der Waals surface area (Å²) in [5.74, 6) is -6.07. The first-order valence-corrected chi connectivity index (χ1v) is 13.1. The number of carboxylic acids is 5. The van der Waals surface area contributed by atoms with E-state index in [4.69, 9.17) is 18.6 Å². The first-order chi connectivity index (χ1) is 21.4. The maximum absolute atomic E-state index is 11.6. The van der Waals surface area contributed by atoms with Crippen LogP contribution in [0.2, 0.25) is 0 Å². The van der Waals surface area contributed by atoms with Crippen molar-refractivity contribution >= 4 is 58.1 Å². The molecule has 0 amide bonds. The summed E-state index contributed by atoms with van der Waals surface area (Å²) < 4.78 is 22.7. The molecule has 1 atom stereocenters. The molecule has 0 aliphatic carbocycles. The summed E-state index contributed by atoms with van der Waals surface area (Å²) in [5, 5.41) is 46.9. The normalized spacial score (nSPS) is 13.9. The first kappa shape index (κ1) is 31.9. The lowest BCUT2D eigenvalue weighted by Crippen LogP contribution is -2.35. The number of furan rings is 1. The Morgan fingerprint density at radius 1 is 0.756 bits per heavy atom. The van der Waals surface area contributed by atoms with E-state index >= 15 is 0 Å². The van der Waals surface area contributed by atoms with Crippen LogP contribution in [0.1, 0.15) is 5.76 Å². The first-order valence-electron chi connectivity index (χ1n) is 13.1. The van der Waals surface area contributed by atoms with Crippen LogP contribution in [0, 0.1) is 0 Å². The minimum absolute atomic E-state index is 0.0533. The highest BCUT2D eigenvalue weighted by Gasteiger charge is 2.30. The van der Waals surface area contributed by atoms with Gasteiger partial charge >= 0.3 is 29.8 Å². The second kappa shape index (κ2) is 14.0. The summed E-state index contributed by atoms with van der Waals surface area (Å²) in [6, 6.07) is 10.5. The number of para-hydroxylation sites is 2. The van der Waals surface area contributed by atoms with Gasteiger partial charge in [0.25, 0.3) is 5.90 Å². The summed E-state index contributed by atoms with van der Waals surface area (Å²) in [5.41, 5.74) is 0.451. The van der Waals surface area contributed by atoms with Gasteiger partial charge in [-0.15, -0.1) is 0 Å². The highest BCUT2D eigenvalue weighted by Crippen LogP contribution is 2.36. The van der Waals surface area contributed by atoms with Gasteiger partial charge in [-0.2, -0.15) is 0 Å². The molecular formula is C28H27N3O14. The Kier molecular flexibility index (Phi) is 9.92. The van der Waals surface area contributed by atoms with Crippen molar-refractivity contribution in [2.75, 3.05) is 55.7 Å². The van der Waals surface area contributed by atoms with Crippen LogP contribution in [0.25, 0.3) is 11.0 Å². The lowest BCUT2D eigenvalue weighted by atomic mass is 10.2. The zero-order valence-electron chi connectivity index (χ0n) is 23.3. The van der Waals surface area contributed by atoms with E-state index in [9.17, 15) is 49.5 Å². The van der Waals surface area contributed by atoms with Crippen LogP contribution in [-0.2, 0) is 28.7 Å². The molecule has 5 N–H and O–H groups in total. The van der Waals surface area contributed by atoms with Crippen LogP contribution in [-0.4, -0.2) is 113 Å². The predicted molar refractivity (Wildman–Crippen MR) is 153 cm³/mol. The largest absolute Gasteiger partial charge is 0.488 e. The SMILES string of the molecule is O=C(O)CN(CC(=O)O)c1ccccc1OCCOc1cc2cc(C3=NCC(C(=O)O)O3)oc2cc1N(CC(=O)O)CC(=O)O. The number of rotatable bonds is 17. The molecular weight excluding hydrogens is 602 g/mol. The van der Waals surface area contributed by atoms with Gasteiger partial charge in [-0.3, -0.25) is 19.2 Å². The van der Waals surface area contributed by atoms with Crippen molar-refractivity contribution in [3.8, 4) is 11.5 Å². The van der Waals surface area contributed by atoms with Gasteiger partial charge in [0.1, 0.15) is 56.5 Å². The highest BCUT2D eigenvalue weighted by atomic mass is 16.5. The van der Waals surface area contributed by atoms with Crippen molar-refractivity contribution in [2.24, 2.45) is 4.99 Å². The number of anilines is 2. The van der Waals surface area contributed by atoms with E-state index in [2.05, 4.69) is 4.99 Å². The molecule has 17 nitrogen and oxygen atoms in total. The zero-order valence-corrected chi connectivity index (χ0v) is 23.3. The minimum Gasteiger partial charge on any atom is -0.488 e. The molecule has 0 spiro atoms. The summed E-state index contributed by atoms with van der Waals surface area (Å²) in [6.45, 7) is -3.04. The average molecular weight is 630 g/mol. The van der Waals surface area contributed by atoms with Crippen molar-refractivity contribution in [1.82, 2.24) is 0 Å². The number of carbonyl (C=O) groups is 5. The molecule has 0 saturated heterocycles. The Balaban J connectivity index is 1.59. The van der Waals surface area contributed by atoms with Gasteiger partial charge in [0.2, 0.25) is 6.10 Å². The smallest absolute Gasteiger partial charge is 0.346 e. The van der Waals surface area contributed by atoms with Crippen LogP contribution in [0.5, 0.6) is 11.5 Å². The fourth-order valence-electron chi connectivity index (χ4n) is 4.41. The van der Waals surface area contributed by atoms with E-state index in [1.165, 1.54) is 30.3 Å². The van der Waals surface area contributed by atoms with Gasteiger partial charge in [0.15, 0.2) is 5.76 Å². The Hall–Kier alpha value is -6.00.